The van der Waals surface area contributed by atoms with Crippen molar-refractivity contribution in [2.75, 3.05) is 33.8 Å². The summed E-state index contributed by atoms with van der Waals surface area (Å²) >= 11 is 0. The molecule has 0 radical (unpaired) electrons. The summed E-state index contributed by atoms with van der Waals surface area (Å²) in [5, 5.41) is 3.31. The number of nitrogens with zero attached hydrogens (tertiary/aromatic N) is 2. The molecule has 1 aliphatic rings. The van der Waals surface area contributed by atoms with Gasteiger partial charge in [-0.05, 0) is 38.1 Å². The molecular weight excluding hydrogens is 258 g/mol. The molecular formula is C14H21N3O3. The van der Waals surface area contributed by atoms with Gasteiger partial charge in [-0.15, -0.1) is 0 Å². The van der Waals surface area contributed by atoms with E-state index in [2.05, 4.69) is 10.1 Å². The Hall–Kier alpha value is -1.82. The third kappa shape index (κ3) is 3.19. The number of esters is 1. The van der Waals surface area contributed by atoms with E-state index in [9.17, 15) is 9.59 Å². The van der Waals surface area contributed by atoms with Crippen molar-refractivity contribution < 1.29 is 14.3 Å². The highest BCUT2D eigenvalue weighted by atomic mass is 16.5. The third-order valence-electron chi connectivity index (χ3n) is 3.64. The maximum atomic E-state index is 12.4. The molecule has 2 rings (SSSR count). The summed E-state index contributed by atoms with van der Waals surface area (Å²) in [6.07, 6.45) is 3.96. The van der Waals surface area contributed by atoms with Crippen LogP contribution in [0, 0.1) is 0 Å². The topological polar surface area (TPSA) is 63.6 Å². The maximum absolute atomic E-state index is 12.4. The molecule has 6 nitrogen and oxygen atoms in total. The molecule has 0 atom stereocenters. The highest BCUT2D eigenvalue weighted by molar-refractivity contribution is 5.94. The van der Waals surface area contributed by atoms with E-state index in [0.717, 1.165) is 25.9 Å². The molecule has 110 valence electrons. The second-order valence-corrected chi connectivity index (χ2v) is 5.02. The number of rotatable bonds is 4. The molecule has 0 aliphatic carbocycles. The molecule has 1 aliphatic heterocycles. The molecule has 1 amide bonds. The van der Waals surface area contributed by atoms with Crippen LogP contribution in [-0.2, 0) is 9.53 Å². The number of nitrogens with one attached hydrogen (secondary N) is 1. The predicted octanol–water partition coefficient (Wildman–Crippen LogP) is 0.658. The summed E-state index contributed by atoms with van der Waals surface area (Å²) in [6, 6.07) is 4.02. The minimum Gasteiger partial charge on any atom is -0.468 e. The summed E-state index contributed by atoms with van der Waals surface area (Å²) in [7, 11) is 2.93. The van der Waals surface area contributed by atoms with E-state index in [1.807, 2.05) is 16.8 Å². The number of piperidine rings is 1. The zero-order chi connectivity index (χ0) is 14.5. The Bertz CT molecular complexity index is 478. The first-order valence-electron chi connectivity index (χ1n) is 6.83. The quantitative estimate of drug-likeness (QED) is 0.822. The van der Waals surface area contributed by atoms with Crippen LogP contribution in [0.15, 0.2) is 18.3 Å². The number of carbonyl (C=O) groups is 2. The first kappa shape index (κ1) is 14.6. The Kier molecular flexibility index (Phi) is 4.79. The average molecular weight is 279 g/mol. The van der Waals surface area contributed by atoms with Crippen LogP contribution in [0.3, 0.4) is 0 Å². The van der Waals surface area contributed by atoms with E-state index in [1.54, 1.807) is 13.1 Å². The summed E-state index contributed by atoms with van der Waals surface area (Å²) in [5.74, 6) is -0.570. The van der Waals surface area contributed by atoms with Crippen LogP contribution < -0.4 is 5.32 Å². The van der Waals surface area contributed by atoms with E-state index < -0.39 is 5.97 Å². The van der Waals surface area contributed by atoms with Crippen molar-refractivity contribution in [1.82, 2.24) is 14.8 Å². The van der Waals surface area contributed by atoms with Gasteiger partial charge in [-0.2, -0.15) is 0 Å². The highest BCUT2D eigenvalue weighted by Gasteiger charge is 2.22. The van der Waals surface area contributed by atoms with Crippen LogP contribution in [0.2, 0.25) is 0 Å². The lowest BCUT2D eigenvalue weighted by Gasteiger charge is -2.27. The fraction of sp³-hybridized carbons (Fsp3) is 0.571. The number of carbonyl (C=O) groups excluding carboxylic acids is 2. The third-order valence-corrected chi connectivity index (χ3v) is 3.64. The van der Waals surface area contributed by atoms with E-state index >= 15 is 0 Å². The summed E-state index contributed by atoms with van der Waals surface area (Å²) < 4.78 is 6.61. The first-order valence-corrected chi connectivity index (χ1v) is 6.83. The standard InChI is InChI=1S/C14H21N3O3/c1-16(10-13(18)20-2)14(19)12-4-3-9-17(12)11-5-7-15-8-6-11/h3-4,9,11,15H,5-8,10H2,1-2H3. The normalized spacial score (nSPS) is 15.9. The Balaban J connectivity index is 2.10. The Morgan fingerprint density at radius 3 is 2.80 bits per heavy atom. The largest absolute Gasteiger partial charge is 0.468 e. The van der Waals surface area contributed by atoms with Gasteiger partial charge >= 0.3 is 5.97 Å². The molecule has 0 saturated carbocycles. The molecule has 2 heterocycles. The summed E-state index contributed by atoms with van der Waals surface area (Å²) in [4.78, 5) is 25.0. The highest BCUT2D eigenvalue weighted by Crippen LogP contribution is 2.21. The molecule has 20 heavy (non-hydrogen) atoms. The van der Waals surface area contributed by atoms with Crippen LogP contribution in [-0.4, -0.2) is 55.1 Å². The average Bonchev–Trinajstić information content (AvgIpc) is 2.96. The molecule has 0 spiro atoms. The van der Waals surface area contributed by atoms with Gasteiger partial charge in [-0.25, -0.2) is 0 Å². The van der Waals surface area contributed by atoms with Crippen molar-refractivity contribution >= 4 is 11.9 Å². The van der Waals surface area contributed by atoms with Gasteiger partial charge < -0.3 is 19.5 Å². The van der Waals surface area contributed by atoms with Crippen molar-refractivity contribution in [1.29, 1.82) is 0 Å². The number of amides is 1. The number of aromatic nitrogens is 1. The molecule has 0 unspecified atom stereocenters. The second-order valence-electron chi connectivity index (χ2n) is 5.02. The number of hydrogen-bond acceptors (Lipinski definition) is 4. The van der Waals surface area contributed by atoms with Crippen LogP contribution >= 0.6 is 0 Å². The lowest BCUT2D eigenvalue weighted by molar-refractivity contribution is -0.141. The second kappa shape index (κ2) is 6.56. The molecule has 6 heteroatoms. The number of ether oxygens (including phenoxy) is 1. The van der Waals surface area contributed by atoms with Gasteiger partial charge in [-0.3, -0.25) is 9.59 Å². The van der Waals surface area contributed by atoms with Crippen molar-refractivity contribution in [2.24, 2.45) is 0 Å². The maximum Gasteiger partial charge on any atom is 0.325 e. The minimum absolute atomic E-state index is 0.0350. The first-order chi connectivity index (χ1) is 9.63. The fourth-order valence-corrected chi connectivity index (χ4v) is 2.50. The van der Waals surface area contributed by atoms with Crippen LogP contribution in [0.1, 0.15) is 29.4 Å². The SMILES string of the molecule is COC(=O)CN(C)C(=O)c1cccn1C1CCNCC1. The van der Waals surface area contributed by atoms with Gasteiger partial charge in [0.05, 0.1) is 7.11 Å². The Morgan fingerprint density at radius 2 is 2.15 bits per heavy atom. The number of hydrogen-bond donors (Lipinski definition) is 1. The van der Waals surface area contributed by atoms with Crippen LogP contribution in [0.25, 0.3) is 0 Å². The predicted molar refractivity (Wildman–Crippen MR) is 74.5 cm³/mol. The van der Waals surface area contributed by atoms with E-state index in [-0.39, 0.29) is 12.5 Å². The zero-order valence-electron chi connectivity index (χ0n) is 12.0. The van der Waals surface area contributed by atoms with Crippen LogP contribution in [0.4, 0.5) is 0 Å². The van der Waals surface area contributed by atoms with E-state index in [1.165, 1.54) is 12.0 Å². The minimum atomic E-state index is -0.416. The zero-order valence-corrected chi connectivity index (χ0v) is 12.0. The van der Waals surface area contributed by atoms with Crippen LogP contribution in [0.5, 0.6) is 0 Å². The van der Waals surface area contributed by atoms with Crippen molar-refractivity contribution in [3.05, 3.63) is 24.0 Å². The van der Waals surface area contributed by atoms with Crippen molar-refractivity contribution in [3.63, 3.8) is 0 Å². The summed E-state index contributed by atoms with van der Waals surface area (Å²) in [6.45, 7) is 1.90. The lowest BCUT2D eigenvalue weighted by atomic mass is 10.1. The molecule has 1 fully saturated rings. The monoisotopic (exact) mass is 279 g/mol. The van der Waals surface area contributed by atoms with Crippen molar-refractivity contribution in [2.45, 2.75) is 18.9 Å². The molecule has 1 N–H and O–H groups in total. The van der Waals surface area contributed by atoms with E-state index in [0.29, 0.717) is 11.7 Å². The van der Waals surface area contributed by atoms with Crippen molar-refractivity contribution in [3.8, 4) is 0 Å². The van der Waals surface area contributed by atoms with E-state index in [4.69, 9.17) is 0 Å². The fourth-order valence-electron chi connectivity index (χ4n) is 2.50. The number of methoxy groups -OCH3 is 1. The smallest absolute Gasteiger partial charge is 0.325 e. The van der Waals surface area contributed by atoms with Gasteiger partial charge in [0.15, 0.2) is 0 Å². The van der Waals surface area contributed by atoms with Gasteiger partial charge in [0.1, 0.15) is 12.2 Å². The van der Waals surface area contributed by atoms with Gasteiger partial charge in [0.25, 0.3) is 5.91 Å². The van der Waals surface area contributed by atoms with Gasteiger partial charge in [0.2, 0.25) is 0 Å². The number of likely N-dealkylation sites (N-methyl/N-ethyl adjacent to an activating group) is 1. The lowest BCUT2D eigenvalue weighted by Crippen LogP contribution is -2.35. The summed E-state index contributed by atoms with van der Waals surface area (Å²) in [5.41, 5.74) is 0.628. The molecule has 1 aromatic rings. The van der Waals surface area contributed by atoms with Gasteiger partial charge in [-0.1, -0.05) is 0 Å². The Labute approximate surface area is 118 Å². The van der Waals surface area contributed by atoms with Gasteiger partial charge in [0, 0.05) is 19.3 Å². The Morgan fingerprint density at radius 1 is 1.45 bits per heavy atom. The molecule has 1 aromatic heterocycles. The molecule has 0 aromatic carbocycles. The molecule has 0 bridgehead atoms. The molecule has 1 saturated heterocycles.